The van der Waals surface area contributed by atoms with Gasteiger partial charge in [-0.05, 0) is 49.4 Å². The zero-order valence-corrected chi connectivity index (χ0v) is 12.1. The molecule has 1 aromatic rings. The van der Waals surface area contributed by atoms with Gasteiger partial charge in [0, 0.05) is 24.7 Å². The fraction of sp³-hybridized carbons (Fsp3) is 0.625. The first-order chi connectivity index (χ1) is 8.94. The summed E-state index contributed by atoms with van der Waals surface area (Å²) in [5.74, 6) is 0.0989. The molecule has 0 spiro atoms. The Bertz CT molecular complexity index is 415. The number of aliphatic hydroxyl groups is 1. The predicted molar refractivity (Wildman–Crippen MR) is 76.8 cm³/mol. The number of aliphatic hydroxyl groups excluding tert-OH is 1. The van der Waals surface area contributed by atoms with E-state index >= 15 is 0 Å². The van der Waals surface area contributed by atoms with Crippen LogP contribution in [0.25, 0.3) is 0 Å². The fourth-order valence-corrected chi connectivity index (χ4v) is 3.04. The molecule has 0 bridgehead atoms. The molecule has 0 heterocycles. The van der Waals surface area contributed by atoms with Crippen molar-refractivity contribution in [2.24, 2.45) is 11.3 Å². The number of rotatable bonds is 4. The summed E-state index contributed by atoms with van der Waals surface area (Å²) in [6.07, 6.45) is 1.88. The summed E-state index contributed by atoms with van der Waals surface area (Å²) in [5.41, 5.74) is 1.05. The van der Waals surface area contributed by atoms with Crippen LogP contribution >= 0.6 is 0 Å². The fourth-order valence-electron chi connectivity index (χ4n) is 3.04. The van der Waals surface area contributed by atoms with E-state index in [0.29, 0.717) is 5.92 Å². The van der Waals surface area contributed by atoms with Crippen molar-refractivity contribution in [3.05, 3.63) is 30.1 Å². The smallest absolute Gasteiger partial charge is 0.123 e. The van der Waals surface area contributed by atoms with Gasteiger partial charge >= 0.3 is 0 Å². The summed E-state index contributed by atoms with van der Waals surface area (Å²) in [5, 5.41) is 10.4. The molecule has 0 aromatic heterocycles. The van der Waals surface area contributed by atoms with E-state index in [2.05, 4.69) is 25.7 Å². The minimum absolute atomic E-state index is 0.0207. The molecule has 1 fully saturated rings. The van der Waals surface area contributed by atoms with E-state index in [9.17, 15) is 9.50 Å². The Labute approximate surface area is 115 Å². The second-order valence-corrected chi connectivity index (χ2v) is 6.25. The highest BCUT2D eigenvalue weighted by atomic mass is 19.1. The number of nitrogens with zero attached hydrogens (tertiary/aromatic N) is 1. The highest BCUT2D eigenvalue weighted by Gasteiger charge is 2.41. The third kappa shape index (κ3) is 3.08. The first-order valence-electron chi connectivity index (χ1n) is 7.12. The van der Waals surface area contributed by atoms with Crippen molar-refractivity contribution in [3.63, 3.8) is 0 Å². The van der Waals surface area contributed by atoms with E-state index in [1.807, 2.05) is 12.1 Å². The van der Waals surface area contributed by atoms with Gasteiger partial charge in [-0.3, -0.25) is 0 Å². The Morgan fingerprint density at radius 2 is 1.95 bits per heavy atom. The molecular weight excluding hydrogens is 241 g/mol. The molecule has 0 aliphatic heterocycles. The number of benzene rings is 1. The number of halogens is 1. The van der Waals surface area contributed by atoms with Gasteiger partial charge in [0.1, 0.15) is 5.82 Å². The van der Waals surface area contributed by atoms with Crippen molar-refractivity contribution in [2.45, 2.75) is 39.7 Å². The van der Waals surface area contributed by atoms with Gasteiger partial charge < -0.3 is 10.0 Å². The first kappa shape index (κ1) is 14.3. The highest BCUT2D eigenvalue weighted by molar-refractivity contribution is 5.46. The van der Waals surface area contributed by atoms with Crippen molar-refractivity contribution < 1.29 is 9.50 Å². The van der Waals surface area contributed by atoms with E-state index in [4.69, 9.17) is 0 Å². The van der Waals surface area contributed by atoms with Crippen molar-refractivity contribution in [1.29, 1.82) is 0 Å². The van der Waals surface area contributed by atoms with Crippen molar-refractivity contribution >= 4 is 5.69 Å². The minimum atomic E-state index is -0.248. The Hall–Kier alpha value is -1.09. The molecule has 1 aliphatic rings. The molecule has 0 saturated heterocycles. The van der Waals surface area contributed by atoms with Gasteiger partial charge in [-0.2, -0.15) is 0 Å². The second kappa shape index (κ2) is 5.49. The lowest BCUT2D eigenvalue weighted by Gasteiger charge is -2.31. The summed E-state index contributed by atoms with van der Waals surface area (Å²) < 4.78 is 13.0. The average molecular weight is 265 g/mol. The van der Waals surface area contributed by atoms with Crippen LogP contribution in [0.15, 0.2) is 24.3 Å². The first-order valence-corrected chi connectivity index (χ1v) is 7.12. The maximum absolute atomic E-state index is 13.0. The van der Waals surface area contributed by atoms with Gasteiger partial charge in [0.25, 0.3) is 0 Å². The van der Waals surface area contributed by atoms with Crippen molar-refractivity contribution in [3.8, 4) is 0 Å². The molecule has 2 atom stereocenters. The third-order valence-corrected chi connectivity index (χ3v) is 4.44. The van der Waals surface area contributed by atoms with E-state index < -0.39 is 0 Å². The van der Waals surface area contributed by atoms with Crippen LogP contribution in [0, 0.1) is 17.2 Å². The highest BCUT2D eigenvalue weighted by Crippen LogP contribution is 2.41. The topological polar surface area (TPSA) is 23.5 Å². The van der Waals surface area contributed by atoms with Gasteiger partial charge in [-0.1, -0.05) is 13.8 Å². The molecule has 2 nitrogen and oxygen atoms in total. The SMILES string of the molecule is CCN(CC1CCC(C)(C)C1O)c1ccc(F)cc1. The third-order valence-electron chi connectivity index (χ3n) is 4.44. The molecule has 1 aliphatic carbocycles. The quantitative estimate of drug-likeness (QED) is 0.901. The van der Waals surface area contributed by atoms with Crippen molar-refractivity contribution in [1.82, 2.24) is 0 Å². The lowest BCUT2D eigenvalue weighted by atomic mass is 9.87. The summed E-state index contributed by atoms with van der Waals surface area (Å²) in [7, 11) is 0. The van der Waals surface area contributed by atoms with Crippen molar-refractivity contribution in [2.75, 3.05) is 18.0 Å². The van der Waals surface area contributed by atoms with Crippen LogP contribution in [0.4, 0.5) is 10.1 Å². The normalized spacial score (nSPS) is 25.5. The van der Waals surface area contributed by atoms with Gasteiger partial charge in [0.05, 0.1) is 6.10 Å². The molecule has 1 N–H and O–H groups in total. The van der Waals surface area contributed by atoms with Crippen LogP contribution in [-0.2, 0) is 0 Å². The zero-order chi connectivity index (χ0) is 14.0. The Morgan fingerprint density at radius 1 is 1.32 bits per heavy atom. The van der Waals surface area contributed by atoms with Gasteiger partial charge in [0.15, 0.2) is 0 Å². The molecule has 0 radical (unpaired) electrons. The molecule has 2 unspecified atom stereocenters. The standard InChI is InChI=1S/C16H24FNO/c1-4-18(14-7-5-13(17)6-8-14)11-12-9-10-16(2,3)15(12)19/h5-8,12,15,19H,4,9-11H2,1-3H3. The molecule has 106 valence electrons. The van der Waals surface area contributed by atoms with E-state index in [0.717, 1.165) is 31.6 Å². The summed E-state index contributed by atoms with van der Waals surface area (Å²) >= 11 is 0. The number of hydrogen-bond donors (Lipinski definition) is 1. The molecule has 0 amide bonds. The summed E-state index contributed by atoms with van der Waals surface area (Å²) in [4.78, 5) is 2.22. The van der Waals surface area contributed by atoms with E-state index in [1.54, 1.807) is 0 Å². The van der Waals surface area contributed by atoms with Gasteiger partial charge in [-0.15, -0.1) is 0 Å². The largest absolute Gasteiger partial charge is 0.392 e. The van der Waals surface area contributed by atoms with E-state index in [1.165, 1.54) is 12.1 Å². The molecule has 19 heavy (non-hydrogen) atoms. The predicted octanol–water partition coefficient (Wildman–Crippen LogP) is 3.45. The zero-order valence-electron chi connectivity index (χ0n) is 12.1. The summed E-state index contributed by atoms with van der Waals surface area (Å²) in [6.45, 7) is 8.07. The molecule has 2 rings (SSSR count). The Morgan fingerprint density at radius 3 is 2.42 bits per heavy atom. The Balaban J connectivity index is 2.06. The van der Waals surface area contributed by atoms with Gasteiger partial charge in [-0.25, -0.2) is 4.39 Å². The lowest BCUT2D eigenvalue weighted by molar-refractivity contribution is 0.0482. The van der Waals surface area contributed by atoms with Crippen LogP contribution in [-0.4, -0.2) is 24.3 Å². The molecular formula is C16H24FNO. The van der Waals surface area contributed by atoms with Crippen LogP contribution < -0.4 is 4.90 Å². The van der Waals surface area contributed by atoms with Crippen LogP contribution in [0.2, 0.25) is 0 Å². The maximum atomic E-state index is 13.0. The summed E-state index contributed by atoms with van der Waals surface area (Å²) in [6, 6.07) is 6.61. The van der Waals surface area contributed by atoms with Crippen LogP contribution in [0.5, 0.6) is 0 Å². The molecule has 1 saturated carbocycles. The van der Waals surface area contributed by atoms with Crippen LogP contribution in [0.3, 0.4) is 0 Å². The monoisotopic (exact) mass is 265 g/mol. The Kier molecular flexibility index (Phi) is 4.14. The van der Waals surface area contributed by atoms with Crippen LogP contribution in [0.1, 0.15) is 33.6 Å². The number of hydrogen-bond acceptors (Lipinski definition) is 2. The number of anilines is 1. The average Bonchev–Trinajstić information content (AvgIpc) is 2.64. The molecule has 1 aromatic carbocycles. The lowest BCUT2D eigenvalue weighted by Crippen LogP contribution is -2.36. The maximum Gasteiger partial charge on any atom is 0.123 e. The van der Waals surface area contributed by atoms with E-state index in [-0.39, 0.29) is 17.3 Å². The molecule has 3 heteroatoms. The minimum Gasteiger partial charge on any atom is -0.392 e. The second-order valence-electron chi connectivity index (χ2n) is 6.25. The van der Waals surface area contributed by atoms with Gasteiger partial charge in [0.2, 0.25) is 0 Å².